The molecule has 0 amide bonds. The first-order valence-electron chi connectivity index (χ1n) is 11.3. The lowest BCUT2D eigenvalue weighted by molar-refractivity contribution is 0.122. The van der Waals surface area contributed by atoms with Crippen LogP contribution in [-0.4, -0.2) is 69.0 Å². The highest BCUT2D eigenvalue weighted by Crippen LogP contribution is 2.29. The molecule has 31 heavy (non-hydrogen) atoms. The molecule has 0 bridgehead atoms. The number of nitrogens with zero attached hydrogens (tertiary/aromatic N) is 3. The molecule has 0 radical (unpaired) electrons. The number of morpholine rings is 1. The summed E-state index contributed by atoms with van der Waals surface area (Å²) >= 11 is 0. The van der Waals surface area contributed by atoms with Crippen molar-refractivity contribution in [1.82, 2.24) is 9.88 Å². The summed E-state index contributed by atoms with van der Waals surface area (Å²) in [6, 6.07) is 11.0. The molecule has 2 aliphatic heterocycles. The maximum atomic E-state index is 5.72. The van der Waals surface area contributed by atoms with Crippen LogP contribution in [-0.2, 0) is 11.3 Å². The molecule has 0 atom stereocenters. The second kappa shape index (κ2) is 10.7. The fourth-order valence-electron chi connectivity index (χ4n) is 4.27. The Morgan fingerprint density at radius 3 is 2.55 bits per heavy atom. The van der Waals surface area contributed by atoms with Gasteiger partial charge in [-0.2, -0.15) is 0 Å². The molecule has 1 N–H and O–H groups in total. The number of piperidine rings is 1. The third kappa shape index (κ3) is 5.80. The summed E-state index contributed by atoms with van der Waals surface area (Å²) in [5.41, 5.74) is 2.37. The van der Waals surface area contributed by atoms with Gasteiger partial charge in [-0.05, 0) is 49.6 Å². The summed E-state index contributed by atoms with van der Waals surface area (Å²) in [7, 11) is 1.68. The number of pyridine rings is 1. The third-order valence-electron chi connectivity index (χ3n) is 5.98. The van der Waals surface area contributed by atoms with E-state index >= 15 is 0 Å². The Morgan fingerprint density at radius 2 is 1.87 bits per heavy atom. The zero-order valence-electron chi connectivity index (χ0n) is 18.7. The summed E-state index contributed by atoms with van der Waals surface area (Å²) in [5, 5.41) is 3.67. The molecule has 2 aliphatic rings. The van der Waals surface area contributed by atoms with E-state index < -0.39 is 0 Å². The van der Waals surface area contributed by atoms with Gasteiger partial charge in [0.15, 0.2) is 11.5 Å². The molecule has 1 aromatic heterocycles. The molecule has 168 valence electrons. The largest absolute Gasteiger partial charge is 0.493 e. The van der Waals surface area contributed by atoms with E-state index in [0.717, 1.165) is 81.8 Å². The Bertz CT molecular complexity index is 816. The second-order valence-electron chi connectivity index (χ2n) is 8.12. The molecule has 7 heteroatoms. The van der Waals surface area contributed by atoms with Crippen LogP contribution in [0.2, 0.25) is 0 Å². The standard InChI is InChI=1S/C24H34N4O3/c1-3-31-23-16-19(4-6-22(23)29-2)18-27-10-8-20(9-11-27)26-21-5-7-24(25-17-21)28-12-14-30-15-13-28/h4-7,16-17,20,26H,3,8-15,18H2,1-2H3. The Morgan fingerprint density at radius 1 is 1.06 bits per heavy atom. The van der Waals surface area contributed by atoms with Gasteiger partial charge in [-0.25, -0.2) is 4.98 Å². The van der Waals surface area contributed by atoms with E-state index in [1.807, 2.05) is 19.2 Å². The van der Waals surface area contributed by atoms with Gasteiger partial charge < -0.3 is 24.4 Å². The minimum absolute atomic E-state index is 0.488. The number of aromatic nitrogens is 1. The Labute approximate surface area is 185 Å². The number of benzene rings is 1. The molecule has 0 aliphatic carbocycles. The van der Waals surface area contributed by atoms with Crippen molar-refractivity contribution in [1.29, 1.82) is 0 Å². The summed E-state index contributed by atoms with van der Waals surface area (Å²) in [6.07, 6.45) is 4.21. The van der Waals surface area contributed by atoms with Crippen LogP contribution in [0, 0.1) is 0 Å². The zero-order chi connectivity index (χ0) is 21.5. The van der Waals surface area contributed by atoms with E-state index in [4.69, 9.17) is 14.2 Å². The van der Waals surface area contributed by atoms with Gasteiger partial charge in [0.05, 0.1) is 38.8 Å². The molecular weight excluding hydrogens is 392 g/mol. The molecule has 1 aromatic carbocycles. The van der Waals surface area contributed by atoms with Crippen LogP contribution >= 0.6 is 0 Å². The van der Waals surface area contributed by atoms with Crippen molar-refractivity contribution in [3.8, 4) is 11.5 Å². The van der Waals surface area contributed by atoms with Crippen LogP contribution in [0.25, 0.3) is 0 Å². The first kappa shape index (κ1) is 21.7. The molecule has 0 spiro atoms. The van der Waals surface area contributed by atoms with Gasteiger partial charge in [0, 0.05) is 38.8 Å². The van der Waals surface area contributed by atoms with Crippen LogP contribution < -0.4 is 19.7 Å². The second-order valence-corrected chi connectivity index (χ2v) is 8.12. The number of likely N-dealkylation sites (tertiary alicyclic amines) is 1. The fourth-order valence-corrected chi connectivity index (χ4v) is 4.27. The summed E-state index contributed by atoms with van der Waals surface area (Å²) < 4.78 is 16.5. The summed E-state index contributed by atoms with van der Waals surface area (Å²) in [4.78, 5) is 9.44. The van der Waals surface area contributed by atoms with Crippen LogP contribution in [0.3, 0.4) is 0 Å². The number of anilines is 2. The van der Waals surface area contributed by atoms with Crippen molar-refractivity contribution in [3.05, 3.63) is 42.1 Å². The maximum absolute atomic E-state index is 5.72. The van der Waals surface area contributed by atoms with Crippen LogP contribution in [0.5, 0.6) is 11.5 Å². The number of hydrogen-bond donors (Lipinski definition) is 1. The van der Waals surface area contributed by atoms with Crippen molar-refractivity contribution in [2.24, 2.45) is 0 Å². The van der Waals surface area contributed by atoms with Gasteiger partial charge in [-0.1, -0.05) is 6.07 Å². The Kier molecular flexibility index (Phi) is 7.48. The van der Waals surface area contributed by atoms with Gasteiger partial charge in [0.25, 0.3) is 0 Å². The summed E-state index contributed by atoms with van der Waals surface area (Å²) in [5.74, 6) is 2.66. The van der Waals surface area contributed by atoms with E-state index in [-0.39, 0.29) is 0 Å². The lowest BCUT2D eigenvalue weighted by Gasteiger charge is -2.33. The topological polar surface area (TPSA) is 59.1 Å². The van der Waals surface area contributed by atoms with E-state index in [0.29, 0.717) is 12.6 Å². The predicted octanol–water partition coefficient (Wildman–Crippen LogP) is 3.40. The Balaban J connectivity index is 1.25. The van der Waals surface area contributed by atoms with E-state index in [9.17, 15) is 0 Å². The molecule has 0 unspecified atom stereocenters. The normalized spacial score (nSPS) is 18.1. The number of ether oxygens (including phenoxy) is 3. The Hall–Kier alpha value is -2.51. The van der Waals surface area contributed by atoms with Crippen molar-refractivity contribution in [2.75, 3.05) is 63.3 Å². The van der Waals surface area contributed by atoms with E-state index in [2.05, 4.69) is 44.4 Å². The van der Waals surface area contributed by atoms with Gasteiger partial charge >= 0.3 is 0 Å². The molecule has 2 fully saturated rings. The average molecular weight is 427 g/mol. The SMILES string of the molecule is CCOc1cc(CN2CCC(Nc3ccc(N4CCOCC4)nc3)CC2)ccc1OC. The van der Waals surface area contributed by atoms with Crippen molar-refractivity contribution < 1.29 is 14.2 Å². The van der Waals surface area contributed by atoms with Crippen molar-refractivity contribution in [3.63, 3.8) is 0 Å². The molecule has 7 nitrogen and oxygen atoms in total. The number of nitrogens with one attached hydrogen (secondary N) is 1. The third-order valence-corrected chi connectivity index (χ3v) is 5.98. The van der Waals surface area contributed by atoms with Crippen LogP contribution in [0.15, 0.2) is 36.5 Å². The van der Waals surface area contributed by atoms with Gasteiger partial charge in [-0.15, -0.1) is 0 Å². The molecule has 0 saturated carbocycles. The van der Waals surface area contributed by atoms with Crippen molar-refractivity contribution in [2.45, 2.75) is 32.4 Å². The monoisotopic (exact) mass is 426 g/mol. The smallest absolute Gasteiger partial charge is 0.161 e. The molecular formula is C24H34N4O3. The highest BCUT2D eigenvalue weighted by atomic mass is 16.5. The number of rotatable bonds is 8. The molecule has 3 heterocycles. The first-order chi connectivity index (χ1) is 15.2. The number of methoxy groups -OCH3 is 1. The quantitative estimate of drug-likeness (QED) is 0.694. The molecule has 2 saturated heterocycles. The lowest BCUT2D eigenvalue weighted by Crippen LogP contribution is -2.38. The summed E-state index contributed by atoms with van der Waals surface area (Å²) in [6.45, 7) is 9.12. The van der Waals surface area contributed by atoms with E-state index in [1.165, 1.54) is 5.56 Å². The van der Waals surface area contributed by atoms with Gasteiger partial charge in [0.2, 0.25) is 0 Å². The van der Waals surface area contributed by atoms with Gasteiger partial charge in [0.1, 0.15) is 5.82 Å². The fraction of sp³-hybridized carbons (Fsp3) is 0.542. The lowest BCUT2D eigenvalue weighted by atomic mass is 10.0. The molecule has 2 aromatic rings. The zero-order valence-corrected chi connectivity index (χ0v) is 18.7. The predicted molar refractivity (Wildman–Crippen MR) is 123 cm³/mol. The van der Waals surface area contributed by atoms with Crippen molar-refractivity contribution >= 4 is 11.5 Å². The van der Waals surface area contributed by atoms with Crippen LogP contribution in [0.1, 0.15) is 25.3 Å². The highest BCUT2D eigenvalue weighted by Gasteiger charge is 2.20. The first-order valence-corrected chi connectivity index (χ1v) is 11.3. The highest BCUT2D eigenvalue weighted by molar-refractivity contribution is 5.49. The number of hydrogen-bond acceptors (Lipinski definition) is 7. The van der Waals surface area contributed by atoms with Crippen LogP contribution in [0.4, 0.5) is 11.5 Å². The van der Waals surface area contributed by atoms with E-state index in [1.54, 1.807) is 7.11 Å². The maximum Gasteiger partial charge on any atom is 0.161 e. The minimum Gasteiger partial charge on any atom is -0.493 e. The van der Waals surface area contributed by atoms with Gasteiger partial charge in [-0.3, -0.25) is 4.90 Å². The minimum atomic E-state index is 0.488. The average Bonchev–Trinajstić information content (AvgIpc) is 2.82. The molecule has 4 rings (SSSR count).